The second-order valence-electron chi connectivity index (χ2n) is 4.57. The number of methoxy groups -OCH3 is 1. The smallest absolute Gasteiger partial charge is 0.109 e. The minimum Gasteiger partial charge on any atom is -0.378 e. The van der Waals surface area contributed by atoms with Crippen molar-refractivity contribution in [2.45, 2.75) is 18.4 Å². The van der Waals surface area contributed by atoms with E-state index in [-0.39, 0.29) is 5.60 Å². The minimum absolute atomic E-state index is 0.123. The molecule has 1 fully saturated rings. The second-order valence-corrected chi connectivity index (χ2v) is 4.57. The largest absolute Gasteiger partial charge is 0.378 e. The van der Waals surface area contributed by atoms with E-state index in [0.717, 1.165) is 38.4 Å². The van der Waals surface area contributed by atoms with Crippen LogP contribution < -0.4 is 5.32 Å². The van der Waals surface area contributed by atoms with E-state index < -0.39 is 0 Å². The first-order chi connectivity index (χ1) is 8.26. The molecule has 2 heterocycles. The lowest BCUT2D eigenvalue weighted by Gasteiger charge is -2.25. The zero-order valence-corrected chi connectivity index (χ0v) is 10.6. The standard InChI is InChI=1S/C12H21N3O2/c1-15-7-6-14-11(15)3-5-13-9-12(16-2)4-8-17-10-12/h6-7,13H,3-5,8-10H2,1-2H3. The Bertz CT molecular complexity index is 345. The summed E-state index contributed by atoms with van der Waals surface area (Å²) in [5.41, 5.74) is -0.123. The third-order valence-corrected chi connectivity index (χ3v) is 3.39. The molecule has 0 radical (unpaired) electrons. The number of hydrogen-bond acceptors (Lipinski definition) is 4. The maximum absolute atomic E-state index is 5.55. The van der Waals surface area contributed by atoms with Crippen molar-refractivity contribution in [2.75, 3.05) is 33.4 Å². The molecule has 0 aromatic carbocycles. The van der Waals surface area contributed by atoms with E-state index >= 15 is 0 Å². The molecule has 1 aromatic rings. The Morgan fingerprint density at radius 3 is 3.12 bits per heavy atom. The van der Waals surface area contributed by atoms with Gasteiger partial charge in [0.1, 0.15) is 11.4 Å². The second kappa shape index (κ2) is 5.62. The Morgan fingerprint density at radius 2 is 2.53 bits per heavy atom. The lowest BCUT2D eigenvalue weighted by molar-refractivity contribution is -0.0155. The summed E-state index contributed by atoms with van der Waals surface area (Å²) in [4.78, 5) is 4.29. The first-order valence-electron chi connectivity index (χ1n) is 6.06. The molecule has 0 amide bonds. The molecule has 0 saturated carbocycles. The van der Waals surface area contributed by atoms with Gasteiger partial charge >= 0.3 is 0 Å². The summed E-state index contributed by atoms with van der Waals surface area (Å²) in [5.74, 6) is 1.10. The molecule has 0 spiro atoms. The molecule has 1 unspecified atom stereocenters. The molecule has 1 saturated heterocycles. The van der Waals surface area contributed by atoms with Crippen LogP contribution in [0.2, 0.25) is 0 Å². The maximum Gasteiger partial charge on any atom is 0.109 e. The molecule has 1 atom stereocenters. The number of nitrogens with zero attached hydrogens (tertiary/aromatic N) is 2. The normalized spacial score (nSPS) is 24.4. The fraction of sp³-hybridized carbons (Fsp3) is 0.750. The third-order valence-electron chi connectivity index (χ3n) is 3.39. The Morgan fingerprint density at radius 1 is 1.65 bits per heavy atom. The fourth-order valence-corrected chi connectivity index (χ4v) is 2.11. The predicted octanol–water partition coefficient (Wildman–Crippen LogP) is 0.358. The fourth-order valence-electron chi connectivity index (χ4n) is 2.11. The summed E-state index contributed by atoms with van der Waals surface area (Å²) < 4.78 is 13.0. The molecule has 1 aliphatic rings. The number of rotatable bonds is 6. The van der Waals surface area contributed by atoms with Gasteiger partial charge < -0.3 is 19.4 Å². The molecule has 5 nitrogen and oxygen atoms in total. The molecule has 17 heavy (non-hydrogen) atoms. The number of ether oxygens (including phenoxy) is 2. The summed E-state index contributed by atoms with van der Waals surface area (Å²) in [5, 5.41) is 3.43. The molecule has 0 aliphatic carbocycles. The van der Waals surface area contributed by atoms with Gasteiger partial charge in [0.2, 0.25) is 0 Å². The summed E-state index contributed by atoms with van der Waals surface area (Å²) in [7, 11) is 3.78. The van der Waals surface area contributed by atoms with Gasteiger partial charge in [0, 0.05) is 59.1 Å². The molecule has 2 rings (SSSR count). The third kappa shape index (κ3) is 3.06. The summed E-state index contributed by atoms with van der Waals surface area (Å²) >= 11 is 0. The van der Waals surface area contributed by atoms with Crippen molar-refractivity contribution in [3.8, 4) is 0 Å². The van der Waals surface area contributed by atoms with Crippen molar-refractivity contribution in [1.29, 1.82) is 0 Å². The Balaban J connectivity index is 1.71. The molecule has 1 aliphatic heterocycles. The Kier molecular flexibility index (Phi) is 4.15. The molecular weight excluding hydrogens is 218 g/mol. The van der Waals surface area contributed by atoms with Crippen LogP contribution in [0.1, 0.15) is 12.2 Å². The first-order valence-corrected chi connectivity index (χ1v) is 6.06. The van der Waals surface area contributed by atoms with Crippen LogP contribution in [-0.2, 0) is 22.9 Å². The molecule has 0 bridgehead atoms. The lowest BCUT2D eigenvalue weighted by Crippen LogP contribution is -2.43. The van der Waals surface area contributed by atoms with Gasteiger partial charge in [-0.2, -0.15) is 0 Å². The highest BCUT2D eigenvalue weighted by Crippen LogP contribution is 2.21. The molecule has 1 N–H and O–H groups in total. The van der Waals surface area contributed by atoms with Crippen LogP contribution in [0.25, 0.3) is 0 Å². The summed E-state index contributed by atoms with van der Waals surface area (Å²) in [6.45, 7) is 3.25. The number of aromatic nitrogens is 2. The van der Waals surface area contributed by atoms with Crippen LogP contribution in [0.15, 0.2) is 12.4 Å². The molecule has 96 valence electrons. The average molecular weight is 239 g/mol. The lowest BCUT2D eigenvalue weighted by atomic mass is 10.0. The van der Waals surface area contributed by atoms with Gasteiger partial charge in [0.05, 0.1) is 6.61 Å². The van der Waals surface area contributed by atoms with Gasteiger partial charge in [-0.1, -0.05) is 0 Å². The van der Waals surface area contributed by atoms with Gasteiger partial charge in [0.25, 0.3) is 0 Å². The number of imidazole rings is 1. The molecular formula is C12H21N3O2. The quantitative estimate of drug-likeness (QED) is 0.728. The summed E-state index contributed by atoms with van der Waals surface area (Å²) in [6.07, 6.45) is 5.70. The van der Waals surface area contributed by atoms with Crippen molar-refractivity contribution < 1.29 is 9.47 Å². The SMILES string of the molecule is COC1(CNCCc2nccn2C)CCOC1. The van der Waals surface area contributed by atoms with Crippen LogP contribution in [-0.4, -0.2) is 48.6 Å². The van der Waals surface area contributed by atoms with E-state index in [2.05, 4.69) is 10.3 Å². The average Bonchev–Trinajstić information content (AvgIpc) is 2.95. The summed E-state index contributed by atoms with van der Waals surface area (Å²) in [6, 6.07) is 0. The van der Waals surface area contributed by atoms with E-state index in [0.29, 0.717) is 6.61 Å². The minimum atomic E-state index is -0.123. The van der Waals surface area contributed by atoms with Crippen molar-refractivity contribution in [2.24, 2.45) is 7.05 Å². The predicted molar refractivity (Wildman–Crippen MR) is 65.0 cm³/mol. The van der Waals surface area contributed by atoms with E-state index in [1.807, 2.05) is 24.0 Å². The highest BCUT2D eigenvalue weighted by Gasteiger charge is 2.34. The highest BCUT2D eigenvalue weighted by atomic mass is 16.5. The molecule has 1 aromatic heterocycles. The van der Waals surface area contributed by atoms with Crippen LogP contribution in [0.3, 0.4) is 0 Å². The van der Waals surface area contributed by atoms with Crippen molar-refractivity contribution in [3.05, 3.63) is 18.2 Å². The van der Waals surface area contributed by atoms with Gasteiger partial charge in [-0.3, -0.25) is 0 Å². The Hall–Kier alpha value is -0.910. The monoisotopic (exact) mass is 239 g/mol. The molecule has 5 heteroatoms. The van der Waals surface area contributed by atoms with Gasteiger partial charge in [-0.25, -0.2) is 4.98 Å². The number of aryl methyl sites for hydroxylation is 1. The van der Waals surface area contributed by atoms with Crippen LogP contribution in [0, 0.1) is 0 Å². The number of nitrogens with one attached hydrogen (secondary N) is 1. The van der Waals surface area contributed by atoms with Crippen LogP contribution in [0.4, 0.5) is 0 Å². The zero-order chi connectivity index (χ0) is 12.1. The topological polar surface area (TPSA) is 48.3 Å². The van der Waals surface area contributed by atoms with Gasteiger partial charge in [-0.05, 0) is 0 Å². The van der Waals surface area contributed by atoms with E-state index in [1.165, 1.54) is 0 Å². The van der Waals surface area contributed by atoms with E-state index in [1.54, 1.807) is 7.11 Å². The van der Waals surface area contributed by atoms with E-state index in [4.69, 9.17) is 9.47 Å². The van der Waals surface area contributed by atoms with Crippen molar-refractivity contribution in [3.63, 3.8) is 0 Å². The highest BCUT2D eigenvalue weighted by molar-refractivity contribution is 4.92. The van der Waals surface area contributed by atoms with Crippen molar-refractivity contribution in [1.82, 2.24) is 14.9 Å². The van der Waals surface area contributed by atoms with Gasteiger partial charge in [0.15, 0.2) is 0 Å². The maximum atomic E-state index is 5.55. The Labute approximate surface area is 102 Å². The first kappa shape index (κ1) is 12.5. The van der Waals surface area contributed by atoms with E-state index in [9.17, 15) is 0 Å². The van der Waals surface area contributed by atoms with Crippen molar-refractivity contribution >= 4 is 0 Å². The zero-order valence-electron chi connectivity index (χ0n) is 10.6. The number of hydrogen-bond donors (Lipinski definition) is 1. The van der Waals surface area contributed by atoms with Crippen LogP contribution in [0.5, 0.6) is 0 Å². The van der Waals surface area contributed by atoms with Crippen LogP contribution >= 0.6 is 0 Å². The van der Waals surface area contributed by atoms with Gasteiger partial charge in [-0.15, -0.1) is 0 Å².